The average molecular weight is 519 g/mol. The Bertz CT molecular complexity index is 1270. The van der Waals surface area contributed by atoms with Crippen molar-refractivity contribution in [3.05, 3.63) is 105 Å². The highest BCUT2D eigenvalue weighted by Crippen LogP contribution is 2.47. The van der Waals surface area contributed by atoms with Gasteiger partial charge in [-0.2, -0.15) is 0 Å². The molecule has 2 atom stereocenters. The zero-order valence-electron chi connectivity index (χ0n) is 19.0. The van der Waals surface area contributed by atoms with Crippen molar-refractivity contribution in [3.8, 4) is 0 Å². The number of nitrogens with zero attached hydrogens (tertiary/aromatic N) is 1. The number of carbonyl (C=O) groups is 4. The van der Waals surface area contributed by atoms with E-state index in [1.165, 1.54) is 21.6 Å². The first-order valence-corrected chi connectivity index (χ1v) is 13.1. The maximum absolute atomic E-state index is 13.6. The second-order valence-electron chi connectivity index (χ2n) is 8.42. The zero-order chi connectivity index (χ0) is 25.1. The molecule has 0 aliphatic carbocycles. The molecule has 36 heavy (non-hydrogen) atoms. The topological polar surface area (TPSA) is 92.8 Å². The first kappa shape index (κ1) is 24.0. The Balaban J connectivity index is 1.42. The number of fused-ring (bicyclic) bond motifs is 1. The van der Waals surface area contributed by atoms with Crippen LogP contribution < -0.4 is 5.32 Å². The molecule has 2 aromatic carbocycles. The molecule has 9 heteroatoms. The predicted octanol–water partition coefficient (Wildman–Crippen LogP) is 3.82. The highest BCUT2D eigenvalue weighted by Gasteiger charge is 2.60. The van der Waals surface area contributed by atoms with Crippen molar-refractivity contribution in [2.75, 3.05) is 0 Å². The number of benzene rings is 2. The standard InChI is InChI=1S/C27H22N2O5S2/c30-16-20-17-36-27(28-22(31)14-21-12-7-13-35-21)15-23(32)29(27)24(20)26(33)34-25(18-8-3-1-4-9-18)19-10-5-2-6-11-19/h1-13,16-17,24-25H,14-15H2,(H,28,31). The molecular formula is C27H22N2O5S2. The van der Waals surface area contributed by atoms with E-state index >= 15 is 0 Å². The minimum absolute atomic E-state index is 0.0149. The third-order valence-electron chi connectivity index (χ3n) is 6.06. The number of aldehydes is 1. The Labute approximate surface area is 216 Å². The van der Waals surface area contributed by atoms with Gasteiger partial charge in [0, 0.05) is 10.5 Å². The van der Waals surface area contributed by atoms with E-state index in [4.69, 9.17) is 4.74 Å². The van der Waals surface area contributed by atoms with Crippen LogP contribution in [0.2, 0.25) is 0 Å². The van der Waals surface area contributed by atoms with Crippen molar-refractivity contribution in [1.29, 1.82) is 0 Å². The molecule has 0 saturated carbocycles. The van der Waals surface area contributed by atoms with E-state index in [1.807, 2.05) is 78.2 Å². The third kappa shape index (κ3) is 4.59. The fraction of sp³-hybridized carbons (Fsp3) is 0.185. The number of nitrogens with one attached hydrogen (secondary N) is 1. The highest BCUT2D eigenvalue weighted by molar-refractivity contribution is 8.03. The fourth-order valence-corrected chi connectivity index (χ4v) is 6.30. The van der Waals surface area contributed by atoms with Crippen LogP contribution in [0.5, 0.6) is 0 Å². The van der Waals surface area contributed by atoms with Gasteiger partial charge in [0.05, 0.1) is 12.8 Å². The lowest BCUT2D eigenvalue weighted by molar-refractivity contribution is -0.170. The van der Waals surface area contributed by atoms with Crippen LogP contribution in [0.4, 0.5) is 0 Å². The summed E-state index contributed by atoms with van der Waals surface area (Å²) < 4.78 is 5.98. The summed E-state index contributed by atoms with van der Waals surface area (Å²) in [5.41, 5.74) is 1.62. The number of thioether (sulfide) groups is 1. The molecule has 1 N–H and O–H groups in total. The van der Waals surface area contributed by atoms with E-state index in [-0.39, 0.29) is 30.2 Å². The molecule has 2 aliphatic rings. The first-order chi connectivity index (χ1) is 17.5. The van der Waals surface area contributed by atoms with Gasteiger partial charge in [0.1, 0.15) is 6.29 Å². The molecule has 1 aromatic heterocycles. The number of hydrogen-bond donors (Lipinski definition) is 1. The molecule has 2 unspecified atom stereocenters. The summed E-state index contributed by atoms with van der Waals surface area (Å²) >= 11 is 2.61. The summed E-state index contributed by atoms with van der Waals surface area (Å²) in [7, 11) is 0. The predicted molar refractivity (Wildman–Crippen MR) is 137 cm³/mol. The van der Waals surface area contributed by atoms with Gasteiger partial charge in [-0.05, 0) is 28.0 Å². The maximum atomic E-state index is 13.6. The zero-order valence-corrected chi connectivity index (χ0v) is 20.7. The lowest BCUT2D eigenvalue weighted by atomic mass is 9.97. The minimum atomic E-state index is -1.26. The molecule has 0 radical (unpaired) electrons. The molecule has 3 heterocycles. The second-order valence-corrected chi connectivity index (χ2v) is 10.6. The maximum Gasteiger partial charge on any atom is 0.334 e. The number of esters is 1. The normalized spacial score (nSPS) is 20.7. The molecule has 7 nitrogen and oxygen atoms in total. The third-order valence-corrected chi connectivity index (χ3v) is 8.16. The summed E-state index contributed by atoms with van der Waals surface area (Å²) in [5.74, 6) is -1.36. The largest absolute Gasteiger partial charge is 0.451 e. The van der Waals surface area contributed by atoms with Crippen molar-refractivity contribution >= 4 is 47.2 Å². The van der Waals surface area contributed by atoms with Gasteiger partial charge < -0.3 is 10.1 Å². The quantitative estimate of drug-likeness (QED) is 0.277. The number of hydrogen-bond acceptors (Lipinski definition) is 7. The van der Waals surface area contributed by atoms with Gasteiger partial charge in [-0.3, -0.25) is 19.3 Å². The van der Waals surface area contributed by atoms with Crippen molar-refractivity contribution in [1.82, 2.24) is 10.2 Å². The molecule has 1 saturated heterocycles. The summed E-state index contributed by atoms with van der Waals surface area (Å²) in [6, 6.07) is 21.0. The van der Waals surface area contributed by atoms with Crippen molar-refractivity contribution in [3.63, 3.8) is 0 Å². The lowest BCUT2D eigenvalue weighted by Gasteiger charge is -2.55. The average Bonchev–Trinajstić information content (AvgIpc) is 3.40. The van der Waals surface area contributed by atoms with Crippen molar-refractivity contribution in [2.24, 2.45) is 0 Å². The molecule has 2 amide bonds. The smallest absolute Gasteiger partial charge is 0.334 e. The summed E-state index contributed by atoms with van der Waals surface area (Å²) in [6.07, 6.45) is -0.00401. The van der Waals surface area contributed by atoms with Crippen LogP contribution in [0.15, 0.2) is 89.2 Å². The number of carbonyl (C=O) groups excluding carboxylic acids is 4. The molecule has 1 fully saturated rings. The molecule has 2 aliphatic heterocycles. The van der Waals surface area contributed by atoms with Crippen molar-refractivity contribution < 1.29 is 23.9 Å². The van der Waals surface area contributed by atoms with Crippen molar-refractivity contribution in [2.45, 2.75) is 30.0 Å². The molecule has 182 valence electrons. The lowest BCUT2D eigenvalue weighted by Crippen LogP contribution is -2.75. The Morgan fingerprint density at radius 2 is 1.72 bits per heavy atom. The van der Waals surface area contributed by atoms with Crippen LogP contribution in [0.1, 0.15) is 28.5 Å². The Kier molecular flexibility index (Phi) is 6.75. The fourth-order valence-electron chi connectivity index (χ4n) is 4.38. The number of ether oxygens (including phenoxy) is 1. The van der Waals surface area contributed by atoms with Gasteiger partial charge in [-0.15, -0.1) is 11.3 Å². The van der Waals surface area contributed by atoms with Crippen LogP contribution in [0.25, 0.3) is 0 Å². The number of amides is 2. The van der Waals surface area contributed by atoms with Gasteiger partial charge in [0.25, 0.3) is 0 Å². The molecular weight excluding hydrogens is 496 g/mol. The van der Waals surface area contributed by atoms with E-state index in [9.17, 15) is 19.2 Å². The van der Waals surface area contributed by atoms with Gasteiger partial charge in [-0.25, -0.2) is 4.79 Å². The second kappa shape index (κ2) is 10.1. The monoisotopic (exact) mass is 518 g/mol. The van der Waals surface area contributed by atoms with Crippen LogP contribution in [0.3, 0.4) is 0 Å². The van der Waals surface area contributed by atoms with Crippen LogP contribution in [-0.4, -0.2) is 40.0 Å². The first-order valence-electron chi connectivity index (χ1n) is 11.3. The number of rotatable bonds is 8. The number of β-lactam (4-membered cyclic amide) rings is 1. The molecule has 0 spiro atoms. The Hall–Kier alpha value is -3.69. The van der Waals surface area contributed by atoms with Gasteiger partial charge in [0.15, 0.2) is 17.1 Å². The number of thiophene rings is 1. The molecule has 0 bridgehead atoms. The summed E-state index contributed by atoms with van der Waals surface area (Å²) in [4.78, 5) is 52.1. The van der Waals surface area contributed by atoms with Crippen LogP contribution >= 0.6 is 23.1 Å². The molecule has 5 rings (SSSR count). The summed E-state index contributed by atoms with van der Waals surface area (Å²) in [6.45, 7) is 0. The van der Waals surface area contributed by atoms with Gasteiger partial charge >= 0.3 is 5.97 Å². The summed E-state index contributed by atoms with van der Waals surface area (Å²) in [5, 5.41) is 6.33. The molecule has 3 aromatic rings. The van der Waals surface area contributed by atoms with Crippen LogP contribution in [-0.2, 0) is 30.3 Å². The van der Waals surface area contributed by atoms with Crippen LogP contribution in [0, 0.1) is 0 Å². The SMILES string of the molecule is O=CC1=CSC2(NC(=O)Cc3cccs3)CC(=O)N2C1C(=O)OC(c1ccccc1)c1ccccc1. The Morgan fingerprint density at radius 1 is 1.06 bits per heavy atom. The minimum Gasteiger partial charge on any atom is -0.451 e. The van der Waals surface area contributed by atoms with Gasteiger partial charge in [-0.1, -0.05) is 78.5 Å². The van der Waals surface area contributed by atoms with Gasteiger partial charge in [0.2, 0.25) is 11.8 Å². The highest BCUT2D eigenvalue weighted by atomic mass is 32.2. The van der Waals surface area contributed by atoms with E-state index in [0.717, 1.165) is 27.8 Å². The van der Waals surface area contributed by atoms with E-state index in [2.05, 4.69) is 5.32 Å². The van der Waals surface area contributed by atoms with E-state index in [0.29, 0.717) is 6.29 Å². The van der Waals surface area contributed by atoms with E-state index < -0.39 is 23.1 Å². The Morgan fingerprint density at radius 3 is 2.28 bits per heavy atom. The van der Waals surface area contributed by atoms with E-state index in [1.54, 1.807) is 0 Å².